The lowest BCUT2D eigenvalue weighted by atomic mass is 10.2. The number of thiazole rings is 1. The summed E-state index contributed by atoms with van der Waals surface area (Å²) in [6.45, 7) is 4.89. The number of halogens is 1. The number of aliphatic hydroxyl groups is 1. The number of hydrogen-bond donors (Lipinski definition) is 2. The molecule has 0 aliphatic rings. The van der Waals surface area contributed by atoms with Crippen molar-refractivity contribution in [1.29, 1.82) is 0 Å². The van der Waals surface area contributed by atoms with E-state index in [2.05, 4.69) is 45.3 Å². The van der Waals surface area contributed by atoms with Crippen LogP contribution in [0.2, 0.25) is 0 Å². The van der Waals surface area contributed by atoms with Crippen LogP contribution < -0.4 is 5.32 Å². The molecule has 102 valence electrons. The molecule has 0 saturated carbocycles. The molecule has 0 bridgehead atoms. The van der Waals surface area contributed by atoms with E-state index in [0.29, 0.717) is 6.54 Å². The molecule has 1 aromatic heterocycles. The number of hydrogen-bond acceptors (Lipinski definition) is 4. The first-order chi connectivity index (χ1) is 9.11. The lowest BCUT2D eigenvalue weighted by Crippen LogP contribution is -2.21. The van der Waals surface area contributed by atoms with Crippen molar-refractivity contribution in [2.24, 2.45) is 0 Å². The van der Waals surface area contributed by atoms with Crippen LogP contribution in [0.5, 0.6) is 0 Å². The normalized spacial score (nSPS) is 12.6. The second-order valence-electron chi connectivity index (χ2n) is 4.37. The molecule has 0 radical (unpaired) electrons. The number of aryl methyl sites for hydroxylation is 1. The Morgan fingerprint density at radius 2 is 2.05 bits per heavy atom. The lowest BCUT2D eigenvalue weighted by Gasteiger charge is -2.10. The van der Waals surface area contributed by atoms with E-state index in [4.69, 9.17) is 5.11 Å². The third kappa shape index (κ3) is 3.63. The van der Waals surface area contributed by atoms with Gasteiger partial charge in [-0.15, -0.1) is 11.3 Å². The fourth-order valence-electron chi connectivity index (χ4n) is 1.90. The molecule has 5 heteroatoms. The van der Waals surface area contributed by atoms with E-state index < -0.39 is 0 Å². The monoisotopic (exact) mass is 340 g/mol. The zero-order valence-corrected chi connectivity index (χ0v) is 13.4. The van der Waals surface area contributed by atoms with Crippen LogP contribution in [-0.4, -0.2) is 23.2 Å². The number of aromatic nitrogens is 1. The summed E-state index contributed by atoms with van der Waals surface area (Å²) < 4.78 is 1.07. The molecule has 2 rings (SSSR count). The molecule has 2 aromatic rings. The van der Waals surface area contributed by atoms with Crippen molar-refractivity contribution in [1.82, 2.24) is 10.3 Å². The molecule has 0 aliphatic heterocycles. The van der Waals surface area contributed by atoms with Gasteiger partial charge in [0, 0.05) is 27.5 Å². The fourth-order valence-corrected chi connectivity index (χ4v) is 3.26. The second-order valence-corrected chi connectivity index (χ2v) is 6.32. The first-order valence-electron chi connectivity index (χ1n) is 6.19. The third-order valence-electron chi connectivity index (χ3n) is 2.88. The Bertz CT molecular complexity index is 539. The lowest BCUT2D eigenvalue weighted by molar-refractivity contribution is 0.286. The highest BCUT2D eigenvalue weighted by atomic mass is 79.9. The Labute approximate surface area is 125 Å². The van der Waals surface area contributed by atoms with Crippen LogP contribution in [0.4, 0.5) is 0 Å². The van der Waals surface area contributed by atoms with Gasteiger partial charge < -0.3 is 10.4 Å². The molecule has 1 heterocycles. The van der Waals surface area contributed by atoms with Gasteiger partial charge in [-0.25, -0.2) is 4.98 Å². The van der Waals surface area contributed by atoms with Crippen molar-refractivity contribution in [2.75, 3.05) is 13.2 Å². The largest absolute Gasteiger partial charge is 0.395 e. The second kappa shape index (κ2) is 6.61. The number of benzene rings is 1. The summed E-state index contributed by atoms with van der Waals surface area (Å²) in [6, 6.07) is 8.41. The van der Waals surface area contributed by atoms with E-state index >= 15 is 0 Å². The maximum atomic E-state index is 8.86. The minimum atomic E-state index is 0.155. The Kier molecular flexibility index (Phi) is 5.10. The van der Waals surface area contributed by atoms with E-state index in [1.807, 2.05) is 19.1 Å². The van der Waals surface area contributed by atoms with Crippen molar-refractivity contribution in [3.63, 3.8) is 0 Å². The Balaban J connectivity index is 2.23. The maximum absolute atomic E-state index is 8.86. The quantitative estimate of drug-likeness (QED) is 0.875. The van der Waals surface area contributed by atoms with Crippen molar-refractivity contribution < 1.29 is 5.11 Å². The van der Waals surface area contributed by atoms with Crippen LogP contribution in [0.25, 0.3) is 10.6 Å². The minimum absolute atomic E-state index is 0.155. The van der Waals surface area contributed by atoms with Gasteiger partial charge in [0.05, 0.1) is 12.3 Å². The molecule has 1 aromatic carbocycles. The van der Waals surface area contributed by atoms with Gasteiger partial charge in [0.2, 0.25) is 0 Å². The van der Waals surface area contributed by atoms with Gasteiger partial charge in [-0.2, -0.15) is 0 Å². The van der Waals surface area contributed by atoms with E-state index in [1.54, 1.807) is 11.3 Å². The van der Waals surface area contributed by atoms with Crippen molar-refractivity contribution in [3.05, 3.63) is 39.3 Å². The van der Waals surface area contributed by atoms with Crippen LogP contribution in [0.1, 0.15) is 23.5 Å². The van der Waals surface area contributed by atoms with Crippen LogP contribution in [0, 0.1) is 6.92 Å². The molecule has 0 aliphatic carbocycles. The highest BCUT2D eigenvalue weighted by Gasteiger charge is 2.14. The topological polar surface area (TPSA) is 45.2 Å². The van der Waals surface area contributed by atoms with Crippen molar-refractivity contribution in [3.8, 4) is 10.6 Å². The van der Waals surface area contributed by atoms with Gasteiger partial charge in [-0.05, 0) is 26.0 Å². The summed E-state index contributed by atoms with van der Waals surface area (Å²) in [7, 11) is 0. The number of nitrogens with zero attached hydrogens (tertiary/aromatic N) is 1. The molecule has 3 nitrogen and oxygen atoms in total. The highest BCUT2D eigenvalue weighted by Crippen LogP contribution is 2.32. The predicted octanol–water partition coefficient (Wildman–Crippen LogP) is 3.52. The summed E-state index contributed by atoms with van der Waals surface area (Å²) in [6.07, 6.45) is 0. The van der Waals surface area contributed by atoms with Gasteiger partial charge >= 0.3 is 0 Å². The molecule has 0 amide bonds. The molecule has 0 fully saturated rings. The SMILES string of the molecule is Cc1nc(-c2ccc(Br)cc2)sc1C(C)NCCO. The van der Waals surface area contributed by atoms with E-state index in [1.165, 1.54) is 4.88 Å². The molecule has 0 spiro atoms. The molecule has 0 saturated heterocycles. The average molecular weight is 341 g/mol. The third-order valence-corrected chi connectivity index (χ3v) is 4.80. The first-order valence-corrected chi connectivity index (χ1v) is 7.80. The fraction of sp³-hybridized carbons (Fsp3) is 0.357. The van der Waals surface area contributed by atoms with E-state index in [-0.39, 0.29) is 12.6 Å². The predicted molar refractivity (Wildman–Crippen MR) is 83.5 cm³/mol. The van der Waals surface area contributed by atoms with E-state index in [9.17, 15) is 0 Å². The minimum Gasteiger partial charge on any atom is -0.395 e. The summed E-state index contributed by atoms with van der Waals surface area (Å²) >= 11 is 5.15. The van der Waals surface area contributed by atoms with Crippen molar-refractivity contribution >= 4 is 27.3 Å². The molecule has 1 unspecified atom stereocenters. The maximum Gasteiger partial charge on any atom is 0.123 e. The first kappa shape index (κ1) is 14.7. The number of aliphatic hydroxyl groups excluding tert-OH is 1. The smallest absolute Gasteiger partial charge is 0.123 e. The molecular weight excluding hydrogens is 324 g/mol. The van der Waals surface area contributed by atoms with Crippen LogP contribution >= 0.6 is 27.3 Å². The number of rotatable bonds is 5. The zero-order chi connectivity index (χ0) is 13.8. The highest BCUT2D eigenvalue weighted by molar-refractivity contribution is 9.10. The van der Waals surface area contributed by atoms with Crippen LogP contribution in [0.3, 0.4) is 0 Å². The van der Waals surface area contributed by atoms with Crippen molar-refractivity contribution in [2.45, 2.75) is 19.9 Å². The van der Waals surface area contributed by atoms with E-state index in [0.717, 1.165) is 20.7 Å². The average Bonchev–Trinajstić information content (AvgIpc) is 2.79. The summed E-state index contributed by atoms with van der Waals surface area (Å²) in [5.41, 5.74) is 2.19. The van der Waals surface area contributed by atoms with Crippen LogP contribution in [0.15, 0.2) is 28.7 Å². The summed E-state index contributed by atoms with van der Waals surface area (Å²) in [5.74, 6) is 0. The van der Waals surface area contributed by atoms with Gasteiger partial charge in [0.25, 0.3) is 0 Å². The summed E-state index contributed by atoms with van der Waals surface area (Å²) in [4.78, 5) is 5.87. The van der Waals surface area contributed by atoms with Gasteiger partial charge in [-0.1, -0.05) is 28.1 Å². The molecular formula is C14H17BrN2OS. The Morgan fingerprint density at radius 1 is 1.37 bits per heavy atom. The van der Waals surface area contributed by atoms with Gasteiger partial charge in [0.1, 0.15) is 5.01 Å². The Morgan fingerprint density at radius 3 is 2.68 bits per heavy atom. The summed E-state index contributed by atoms with van der Waals surface area (Å²) in [5, 5.41) is 13.2. The molecule has 19 heavy (non-hydrogen) atoms. The standard InChI is InChI=1S/C14H17BrN2OS/c1-9(16-7-8-18)13-10(2)17-14(19-13)11-3-5-12(15)6-4-11/h3-6,9,16,18H,7-8H2,1-2H3. The Hall–Kier alpha value is -0.750. The van der Waals surface area contributed by atoms with Gasteiger partial charge in [-0.3, -0.25) is 0 Å². The van der Waals surface area contributed by atoms with Gasteiger partial charge in [0.15, 0.2) is 0 Å². The number of nitrogens with one attached hydrogen (secondary N) is 1. The molecule has 1 atom stereocenters. The zero-order valence-electron chi connectivity index (χ0n) is 11.0. The van der Waals surface area contributed by atoms with Crippen LogP contribution in [-0.2, 0) is 0 Å². The molecule has 2 N–H and O–H groups in total.